The fourth-order valence-electron chi connectivity index (χ4n) is 1.91. The lowest BCUT2D eigenvalue weighted by Gasteiger charge is -2.34. The molecule has 1 N–H and O–H groups in total. The minimum absolute atomic E-state index is 0.499. The molecule has 1 rings (SSSR count). The van der Waals surface area contributed by atoms with E-state index in [1.54, 1.807) is 14.0 Å². The van der Waals surface area contributed by atoms with Crippen LogP contribution in [-0.4, -0.2) is 48.3 Å². The first-order chi connectivity index (χ1) is 6.61. The largest absolute Gasteiger partial charge is 0.480 e. The van der Waals surface area contributed by atoms with E-state index in [9.17, 15) is 9.90 Å². The Morgan fingerprint density at radius 2 is 2.07 bits per heavy atom. The molecule has 0 aromatic rings. The quantitative estimate of drug-likeness (QED) is 0.720. The first-order valence-corrected chi connectivity index (χ1v) is 5.08. The van der Waals surface area contributed by atoms with Gasteiger partial charge < -0.3 is 9.84 Å². The molecule has 0 bridgehead atoms. The van der Waals surface area contributed by atoms with Gasteiger partial charge in [0, 0.05) is 13.7 Å². The molecule has 0 aromatic carbocycles. The number of carbonyl (C=O) groups is 1. The van der Waals surface area contributed by atoms with Crippen molar-refractivity contribution >= 4 is 5.97 Å². The van der Waals surface area contributed by atoms with Crippen LogP contribution in [0.4, 0.5) is 0 Å². The minimum Gasteiger partial charge on any atom is -0.480 e. The highest BCUT2D eigenvalue weighted by Gasteiger charge is 2.40. The van der Waals surface area contributed by atoms with Crippen LogP contribution >= 0.6 is 0 Å². The topological polar surface area (TPSA) is 49.8 Å². The van der Waals surface area contributed by atoms with Crippen LogP contribution in [0.2, 0.25) is 0 Å². The van der Waals surface area contributed by atoms with Gasteiger partial charge in [0.05, 0.1) is 0 Å². The molecular formula is C10H19NO3. The lowest BCUT2D eigenvalue weighted by molar-refractivity contribution is -0.151. The van der Waals surface area contributed by atoms with Gasteiger partial charge in [0.25, 0.3) is 0 Å². The first kappa shape index (κ1) is 11.5. The summed E-state index contributed by atoms with van der Waals surface area (Å²) in [5.74, 6) is -0.739. The van der Waals surface area contributed by atoms with Crippen LogP contribution in [0.5, 0.6) is 0 Å². The van der Waals surface area contributed by atoms with Crippen molar-refractivity contribution in [1.82, 2.24) is 4.90 Å². The van der Waals surface area contributed by atoms with Gasteiger partial charge in [0.15, 0.2) is 0 Å². The van der Waals surface area contributed by atoms with Crippen LogP contribution in [0.1, 0.15) is 26.2 Å². The van der Waals surface area contributed by atoms with Gasteiger partial charge >= 0.3 is 5.97 Å². The summed E-state index contributed by atoms with van der Waals surface area (Å²) in [5, 5.41) is 9.22. The van der Waals surface area contributed by atoms with Gasteiger partial charge in [-0.05, 0) is 39.3 Å². The maximum absolute atomic E-state index is 11.2. The summed E-state index contributed by atoms with van der Waals surface area (Å²) >= 11 is 0. The molecule has 1 aliphatic rings. The number of carboxylic acids is 1. The molecule has 0 aromatic heterocycles. The van der Waals surface area contributed by atoms with Crippen LogP contribution in [0.3, 0.4) is 0 Å². The van der Waals surface area contributed by atoms with Gasteiger partial charge in [-0.15, -0.1) is 0 Å². The highest BCUT2D eigenvalue weighted by Crippen LogP contribution is 2.24. The number of aliphatic carboxylic acids is 1. The van der Waals surface area contributed by atoms with Crippen LogP contribution in [0, 0.1) is 0 Å². The molecule has 0 aliphatic carbocycles. The Hall–Kier alpha value is -0.610. The number of likely N-dealkylation sites (tertiary alicyclic amines) is 1. The van der Waals surface area contributed by atoms with Gasteiger partial charge in [-0.25, -0.2) is 0 Å². The molecule has 0 saturated carbocycles. The number of methoxy groups -OCH3 is 1. The van der Waals surface area contributed by atoms with E-state index in [0.29, 0.717) is 13.0 Å². The number of ether oxygens (including phenoxy) is 1. The van der Waals surface area contributed by atoms with Crippen molar-refractivity contribution in [2.24, 2.45) is 0 Å². The molecule has 0 radical (unpaired) electrons. The van der Waals surface area contributed by atoms with E-state index in [1.807, 2.05) is 4.90 Å². The number of hydrogen-bond donors (Lipinski definition) is 1. The second-order valence-electron chi connectivity index (χ2n) is 4.02. The minimum atomic E-state index is -0.744. The predicted molar refractivity (Wildman–Crippen MR) is 53.3 cm³/mol. The van der Waals surface area contributed by atoms with E-state index in [-0.39, 0.29) is 0 Å². The lowest BCUT2D eigenvalue weighted by Crippen LogP contribution is -2.51. The average Bonchev–Trinajstić information content (AvgIpc) is 2.66. The van der Waals surface area contributed by atoms with Crippen molar-refractivity contribution in [2.45, 2.75) is 31.7 Å². The summed E-state index contributed by atoms with van der Waals surface area (Å²) in [5.41, 5.74) is -0.744. The Bertz CT molecular complexity index is 202. The third kappa shape index (κ3) is 2.25. The maximum Gasteiger partial charge on any atom is 0.323 e. The van der Waals surface area contributed by atoms with Crippen LogP contribution in [-0.2, 0) is 9.53 Å². The van der Waals surface area contributed by atoms with Crippen molar-refractivity contribution in [2.75, 3.05) is 26.8 Å². The van der Waals surface area contributed by atoms with Crippen molar-refractivity contribution < 1.29 is 14.6 Å². The average molecular weight is 201 g/mol. The standard InChI is InChI=1S/C10H19NO3/c1-10(9(12)13,5-8-14-2)11-6-3-4-7-11/h3-8H2,1-2H3,(H,12,13). The molecular weight excluding hydrogens is 182 g/mol. The maximum atomic E-state index is 11.2. The third-order valence-electron chi connectivity index (χ3n) is 3.06. The molecule has 0 spiro atoms. The molecule has 14 heavy (non-hydrogen) atoms. The number of nitrogens with zero attached hydrogens (tertiary/aromatic N) is 1. The van der Waals surface area contributed by atoms with Crippen molar-refractivity contribution in [3.8, 4) is 0 Å². The summed E-state index contributed by atoms with van der Waals surface area (Å²) < 4.78 is 4.96. The zero-order valence-electron chi connectivity index (χ0n) is 8.95. The summed E-state index contributed by atoms with van der Waals surface area (Å²) in [6.07, 6.45) is 2.77. The number of rotatable bonds is 5. The summed E-state index contributed by atoms with van der Waals surface area (Å²) in [7, 11) is 1.60. The molecule has 4 nitrogen and oxygen atoms in total. The van der Waals surface area contributed by atoms with Crippen LogP contribution in [0.25, 0.3) is 0 Å². The molecule has 4 heteroatoms. The first-order valence-electron chi connectivity index (χ1n) is 5.08. The molecule has 82 valence electrons. The molecule has 1 aliphatic heterocycles. The monoisotopic (exact) mass is 201 g/mol. The van der Waals surface area contributed by atoms with Crippen LogP contribution in [0.15, 0.2) is 0 Å². The van der Waals surface area contributed by atoms with Gasteiger partial charge in [-0.3, -0.25) is 9.69 Å². The Kier molecular flexibility index (Phi) is 3.89. The molecule has 0 amide bonds. The summed E-state index contributed by atoms with van der Waals surface area (Å²) in [6, 6.07) is 0. The van der Waals surface area contributed by atoms with E-state index in [2.05, 4.69) is 0 Å². The zero-order chi connectivity index (χ0) is 10.6. The Balaban J connectivity index is 2.64. The van der Waals surface area contributed by atoms with E-state index < -0.39 is 11.5 Å². The second-order valence-corrected chi connectivity index (χ2v) is 4.02. The predicted octanol–water partition coefficient (Wildman–Crippen LogP) is 0.962. The van der Waals surface area contributed by atoms with E-state index >= 15 is 0 Å². The van der Waals surface area contributed by atoms with Gasteiger partial charge in [-0.2, -0.15) is 0 Å². The zero-order valence-corrected chi connectivity index (χ0v) is 8.95. The Morgan fingerprint density at radius 1 is 1.50 bits per heavy atom. The van der Waals surface area contributed by atoms with Crippen molar-refractivity contribution in [1.29, 1.82) is 0 Å². The smallest absolute Gasteiger partial charge is 0.323 e. The van der Waals surface area contributed by atoms with Gasteiger partial charge in [0.2, 0.25) is 0 Å². The second kappa shape index (κ2) is 4.75. The van der Waals surface area contributed by atoms with Gasteiger partial charge in [-0.1, -0.05) is 0 Å². The molecule has 1 heterocycles. The molecule has 1 atom stereocenters. The molecule has 1 saturated heterocycles. The van der Waals surface area contributed by atoms with Crippen LogP contribution < -0.4 is 0 Å². The van der Waals surface area contributed by atoms with Gasteiger partial charge in [0.1, 0.15) is 5.54 Å². The fraction of sp³-hybridized carbons (Fsp3) is 0.900. The number of hydrogen-bond acceptors (Lipinski definition) is 3. The SMILES string of the molecule is COCCC(C)(C(=O)O)N1CCCC1. The highest BCUT2D eigenvalue weighted by molar-refractivity contribution is 5.78. The Morgan fingerprint density at radius 3 is 2.50 bits per heavy atom. The fourth-order valence-corrected chi connectivity index (χ4v) is 1.91. The Labute approximate surface area is 84.8 Å². The summed E-state index contributed by atoms with van der Waals surface area (Å²) in [6.45, 7) is 4.08. The molecule has 1 fully saturated rings. The van der Waals surface area contributed by atoms with Crippen molar-refractivity contribution in [3.05, 3.63) is 0 Å². The van der Waals surface area contributed by atoms with E-state index in [1.165, 1.54) is 0 Å². The highest BCUT2D eigenvalue weighted by atomic mass is 16.5. The normalized spacial score (nSPS) is 22.1. The summed E-state index contributed by atoms with van der Waals surface area (Å²) in [4.78, 5) is 13.3. The molecule has 1 unspecified atom stereocenters. The number of carboxylic acid groups (broad SMARTS) is 1. The van der Waals surface area contributed by atoms with E-state index in [4.69, 9.17) is 4.74 Å². The van der Waals surface area contributed by atoms with E-state index in [0.717, 1.165) is 25.9 Å². The van der Waals surface area contributed by atoms with Crippen molar-refractivity contribution in [3.63, 3.8) is 0 Å². The lowest BCUT2D eigenvalue weighted by atomic mass is 9.96. The third-order valence-corrected chi connectivity index (χ3v) is 3.06.